The van der Waals surface area contributed by atoms with Crippen LogP contribution in [0.4, 0.5) is 0 Å². The van der Waals surface area contributed by atoms with Crippen molar-refractivity contribution in [1.29, 1.82) is 0 Å². The quantitative estimate of drug-likeness (QED) is 0.804. The van der Waals surface area contributed by atoms with Crippen LogP contribution in [-0.4, -0.2) is 17.8 Å². The van der Waals surface area contributed by atoms with E-state index >= 15 is 0 Å². The first-order valence-electron chi connectivity index (χ1n) is 5.54. The predicted molar refractivity (Wildman–Crippen MR) is 68.2 cm³/mol. The number of hydrogen-bond donors (Lipinski definition) is 1. The van der Waals surface area contributed by atoms with Crippen molar-refractivity contribution in [3.63, 3.8) is 0 Å². The van der Waals surface area contributed by atoms with Crippen LogP contribution in [0.2, 0.25) is 0 Å². The van der Waals surface area contributed by atoms with E-state index in [9.17, 15) is 4.79 Å². The molecule has 1 atom stereocenters. The molecule has 0 radical (unpaired) electrons. The van der Waals surface area contributed by atoms with Gasteiger partial charge in [-0.2, -0.15) is 0 Å². The highest BCUT2D eigenvalue weighted by atomic mass is 35.5. The third-order valence-corrected chi connectivity index (χ3v) is 3.24. The molecule has 0 saturated carbocycles. The van der Waals surface area contributed by atoms with Crippen LogP contribution in [0, 0.1) is 13.8 Å². The Labute approximate surface area is 102 Å². The van der Waals surface area contributed by atoms with Gasteiger partial charge in [0.2, 0.25) is 0 Å². The third-order valence-electron chi connectivity index (χ3n) is 2.78. The van der Waals surface area contributed by atoms with Gasteiger partial charge in [0.1, 0.15) is 0 Å². The Balaban J connectivity index is 2.70. The molecule has 0 aliphatic heterocycles. The molecule has 0 aliphatic rings. The van der Waals surface area contributed by atoms with Crippen molar-refractivity contribution in [2.45, 2.75) is 32.6 Å². The van der Waals surface area contributed by atoms with Crippen molar-refractivity contribution in [3.8, 4) is 0 Å². The van der Waals surface area contributed by atoms with Gasteiger partial charge >= 0.3 is 0 Å². The van der Waals surface area contributed by atoms with E-state index in [1.165, 1.54) is 0 Å². The van der Waals surface area contributed by atoms with Crippen molar-refractivity contribution in [1.82, 2.24) is 5.32 Å². The largest absolute Gasteiger partial charge is 0.351 e. The monoisotopic (exact) mass is 239 g/mol. The molecule has 1 rings (SSSR count). The van der Waals surface area contributed by atoms with Gasteiger partial charge in [-0.15, -0.1) is 11.6 Å². The molecular formula is C13H18ClNO. The number of hydrogen-bond acceptors (Lipinski definition) is 1. The van der Waals surface area contributed by atoms with Crippen LogP contribution in [0.1, 0.15) is 34.8 Å². The highest BCUT2D eigenvalue weighted by Gasteiger charge is 2.10. The predicted octanol–water partition coefficient (Wildman–Crippen LogP) is 3.05. The molecular weight excluding hydrogens is 222 g/mol. The van der Waals surface area contributed by atoms with Crippen molar-refractivity contribution >= 4 is 17.5 Å². The van der Waals surface area contributed by atoms with Gasteiger partial charge in [-0.05, 0) is 37.5 Å². The summed E-state index contributed by atoms with van der Waals surface area (Å²) in [6.45, 7) is 6.48. The van der Waals surface area contributed by atoms with E-state index < -0.39 is 0 Å². The maximum atomic E-state index is 11.9. The van der Waals surface area contributed by atoms with Gasteiger partial charge in [-0.1, -0.05) is 19.1 Å². The summed E-state index contributed by atoms with van der Waals surface area (Å²) in [7, 11) is 0. The minimum atomic E-state index is -0.0414. The second-order valence-corrected chi connectivity index (χ2v) is 4.58. The van der Waals surface area contributed by atoms with Gasteiger partial charge < -0.3 is 5.32 Å². The van der Waals surface area contributed by atoms with Gasteiger partial charge in [0.25, 0.3) is 5.91 Å². The second-order valence-electron chi connectivity index (χ2n) is 3.96. The molecule has 1 aromatic carbocycles. The van der Waals surface area contributed by atoms with E-state index in [1.54, 1.807) is 0 Å². The van der Waals surface area contributed by atoms with Gasteiger partial charge in [0.05, 0.1) is 5.38 Å². The standard InChI is InChI=1S/C13H18ClNO/c1-4-11(14)8-15-13(16)12-7-5-6-9(2)10(12)3/h5-7,11H,4,8H2,1-3H3,(H,15,16). The molecule has 2 nitrogen and oxygen atoms in total. The van der Waals surface area contributed by atoms with Crippen molar-refractivity contribution in [2.75, 3.05) is 6.54 Å². The number of alkyl halides is 1. The van der Waals surface area contributed by atoms with E-state index in [0.717, 1.165) is 23.1 Å². The Morgan fingerprint density at radius 2 is 2.12 bits per heavy atom. The summed E-state index contributed by atoms with van der Waals surface area (Å²) in [6.07, 6.45) is 0.856. The SMILES string of the molecule is CCC(Cl)CNC(=O)c1cccc(C)c1C. The smallest absolute Gasteiger partial charge is 0.251 e. The molecule has 0 fully saturated rings. The van der Waals surface area contributed by atoms with E-state index in [1.807, 2.05) is 39.0 Å². The minimum Gasteiger partial charge on any atom is -0.351 e. The topological polar surface area (TPSA) is 29.1 Å². The number of carbonyl (C=O) groups is 1. The Morgan fingerprint density at radius 1 is 1.44 bits per heavy atom. The fourth-order valence-electron chi connectivity index (χ4n) is 1.44. The molecule has 1 unspecified atom stereocenters. The summed E-state index contributed by atoms with van der Waals surface area (Å²) >= 11 is 5.95. The Kier molecular flexibility index (Phi) is 4.81. The minimum absolute atomic E-state index is 0.00839. The molecule has 0 spiro atoms. The normalized spacial score (nSPS) is 12.2. The maximum absolute atomic E-state index is 11.9. The zero-order valence-electron chi connectivity index (χ0n) is 10.0. The van der Waals surface area contributed by atoms with Crippen LogP contribution in [0.15, 0.2) is 18.2 Å². The number of benzene rings is 1. The number of rotatable bonds is 4. The molecule has 88 valence electrons. The molecule has 3 heteroatoms. The van der Waals surface area contributed by atoms with E-state index in [0.29, 0.717) is 6.54 Å². The third kappa shape index (κ3) is 3.24. The van der Waals surface area contributed by atoms with Crippen LogP contribution in [0.25, 0.3) is 0 Å². The van der Waals surface area contributed by atoms with Crippen LogP contribution >= 0.6 is 11.6 Å². The lowest BCUT2D eigenvalue weighted by Crippen LogP contribution is -2.30. The molecule has 1 aromatic rings. The van der Waals surface area contributed by atoms with E-state index in [2.05, 4.69) is 5.32 Å². The molecule has 0 saturated heterocycles. The summed E-state index contributed by atoms with van der Waals surface area (Å²) in [5, 5.41) is 2.86. The van der Waals surface area contributed by atoms with Gasteiger partial charge in [0.15, 0.2) is 0 Å². The molecule has 0 bridgehead atoms. The Hall–Kier alpha value is -1.02. The average Bonchev–Trinajstić information content (AvgIpc) is 2.29. The summed E-state index contributed by atoms with van der Waals surface area (Å²) < 4.78 is 0. The molecule has 0 aromatic heterocycles. The maximum Gasteiger partial charge on any atom is 0.251 e. The number of nitrogens with one attached hydrogen (secondary N) is 1. The molecule has 1 amide bonds. The number of halogens is 1. The lowest BCUT2D eigenvalue weighted by Gasteiger charge is -2.11. The van der Waals surface area contributed by atoms with Gasteiger partial charge in [-0.3, -0.25) is 4.79 Å². The Bertz CT molecular complexity index is 376. The summed E-state index contributed by atoms with van der Waals surface area (Å²) in [5.41, 5.74) is 2.90. The number of carbonyl (C=O) groups excluding carboxylic acids is 1. The van der Waals surface area contributed by atoms with Crippen molar-refractivity contribution in [2.24, 2.45) is 0 Å². The lowest BCUT2D eigenvalue weighted by molar-refractivity contribution is 0.0952. The lowest BCUT2D eigenvalue weighted by atomic mass is 10.0. The zero-order chi connectivity index (χ0) is 12.1. The van der Waals surface area contributed by atoms with Gasteiger partial charge in [-0.25, -0.2) is 0 Å². The fourth-order valence-corrected chi connectivity index (χ4v) is 1.52. The number of aryl methyl sites for hydroxylation is 1. The highest BCUT2D eigenvalue weighted by Crippen LogP contribution is 2.12. The summed E-state index contributed by atoms with van der Waals surface area (Å²) in [6, 6.07) is 5.74. The molecule has 0 aliphatic carbocycles. The van der Waals surface area contributed by atoms with E-state index in [4.69, 9.17) is 11.6 Å². The first-order valence-corrected chi connectivity index (χ1v) is 5.98. The first-order chi connectivity index (χ1) is 7.56. The summed E-state index contributed by atoms with van der Waals surface area (Å²) in [4.78, 5) is 11.9. The van der Waals surface area contributed by atoms with E-state index in [-0.39, 0.29) is 11.3 Å². The highest BCUT2D eigenvalue weighted by molar-refractivity contribution is 6.20. The molecule has 1 N–H and O–H groups in total. The number of amides is 1. The second kappa shape index (κ2) is 5.90. The Morgan fingerprint density at radius 3 is 2.75 bits per heavy atom. The molecule has 16 heavy (non-hydrogen) atoms. The summed E-state index contributed by atoms with van der Waals surface area (Å²) in [5.74, 6) is -0.0414. The first kappa shape index (κ1) is 13.0. The van der Waals surface area contributed by atoms with Crippen LogP contribution in [-0.2, 0) is 0 Å². The van der Waals surface area contributed by atoms with Crippen LogP contribution < -0.4 is 5.32 Å². The average molecular weight is 240 g/mol. The molecule has 0 heterocycles. The van der Waals surface area contributed by atoms with Crippen molar-refractivity contribution < 1.29 is 4.79 Å². The van der Waals surface area contributed by atoms with Crippen LogP contribution in [0.5, 0.6) is 0 Å². The van der Waals surface area contributed by atoms with Crippen LogP contribution in [0.3, 0.4) is 0 Å². The fraction of sp³-hybridized carbons (Fsp3) is 0.462. The van der Waals surface area contributed by atoms with Crippen molar-refractivity contribution in [3.05, 3.63) is 34.9 Å². The van der Waals surface area contributed by atoms with Gasteiger partial charge in [0, 0.05) is 12.1 Å². The zero-order valence-corrected chi connectivity index (χ0v) is 10.8.